The molecule has 5 N–H and O–H groups in total. The predicted molar refractivity (Wildman–Crippen MR) is 128 cm³/mol. The number of anilines is 1. The van der Waals surface area contributed by atoms with E-state index in [1.54, 1.807) is 10.9 Å². The molecule has 37 heavy (non-hydrogen) atoms. The Hall–Kier alpha value is -2.66. The van der Waals surface area contributed by atoms with Gasteiger partial charge in [0, 0.05) is 13.1 Å². The zero-order valence-electron chi connectivity index (χ0n) is 21.0. The Morgan fingerprint density at radius 1 is 1.05 bits per heavy atom. The van der Waals surface area contributed by atoms with Gasteiger partial charge in [0.15, 0.2) is 23.5 Å². The minimum atomic E-state index is -0.833. The fourth-order valence-electron chi connectivity index (χ4n) is 4.13. The molecule has 2 aliphatic heterocycles. The summed E-state index contributed by atoms with van der Waals surface area (Å²) in [5, 5.41) is 2.64. The van der Waals surface area contributed by atoms with E-state index >= 15 is 0 Å². The number of nitrogen functional groups attached to an aromatic ring is 1. The van der Waals surface area contributed by atoms with Crippen molar-refractivity contribution in [1.29, 1.82) is 0 Å². The summed E-state index contributed by atoms with van der Waals surface area (Å²) in [4.78, 5) is 24.7. The number of hydrogen-bond donors (Lipinski definition) is 3. The van der Waals surface area contributed by atoms with Crippen molar-refractivity contribution in [3.05, 3.63) is 12.7 Å². The number of imidazole rings is 1. The van der Waals surface area contributed by atoms with Gasteiger partial charge in [-0.1, -0.05) is 0 Å². The Labute approximate surface area is 214 Å². The SMILES string of the molecule is CC1(C)O[C@@H]2[C@H](O1)[C@@H](COC(=O)NCCOCCOCCOCCN)O[C@H]2n1cnc2c(N)ncnc21. The molecule has 0 saturated carbocycles. The van der Waals surface area contributed by atoms with Crippen LogP contribution in [-0.2, 0) is 33.2 Å². The first-order valence-corrected chi connectivity index (χ1v) is 12.2. The molecule has 0 aromatic carbocycles. The molecule has 15 nitrogen and oxygen atoms in total. The van der Waals surface area contributed by atoms with Crippen molar-refractivity contribution >= 4 is 23.1 Å². The summed E-state index contributed by atoms with van der Waals surface area (Å²) in [7, 11) is 0. The summed E-state index contributed by atoms with van der Waals surface area (Å²) in [6.45, 7) is 7.02. The Bertz CT molecular complexity index is 1020. The van der Waals surface area contributed by atoms with Gasteiger partial charge in [-0.15, -0.1) is 0 Å². The number of nitrogens with two attached hydrogens (primary N) is 2. The van der Waals surface area contributed by atoms with Crippen molar-refractivity contribution in [2.24, 2.45) is 5.73 Å². The molecule has 2 fully saturated rings. The van der Waals surface area contributed by atoms with E-state index in [1.807, 2.05) is 13.8 Å². The van der Waals surface area contributed by atoms with Crippen LogP contribution < -0.4 is 16.8 Å². The van der Waals surface area contributed by atoms with Gasteiger partial charge < -0.3 is 49.9 Å². The number of fused-ring (bicyclic) bond motifs is 2. The Morgan fingerprint density at radius 2 is 1.76 bits per heavy atom. The smallest absolute Gasteiger partial charge is 0.407 e. The highest BCUT2D eigenvalue weighted by atomic mass is 16.8. The second-order valence-corrected chi connectivity index (χ2v) is 8.86. The average molecular weight is 526 g/mol. The van der Waals surface area contributed by atoms with Crippen LogP contribution in [-0.4, -0.2) is 109 Å². The van der Waals surface area contributed by atoms with Gasteiger partial charge in [0.05, 0.1) is 46.0 Å². The highest BCUT2D eigenvalue weighted by Gasteiger charge is 2.56. The van der Waals surface area contributed by atoms with Gasteiger partial charge in [-0.05, 0) is 13.8 Å². The van der Waals surface area contributed by atoms with Crippen LogP contribution in [0.4, 0.5) is 10.6 Å². The lowest BCUT2D eigenvalue weighted by Gasteiger charge is -2.24. The second-order valence-electron chi connectivity index (χ2n) is 8.86. The quantitative estimate of drug-likeness (QED) is 0.269. The van der Waals surface area contributed by atoms with Gasteiger partial charge in [0.25, 0.3) is 0 Å². The molecule has 0 radical (unpaired) electrons. The molecule has 0 aliphatic carbocycles. The van der Waals surface area contributed by atoms with Crippen molar-refractivity contribution in [3.8, 4) is 0 Å². The van der Waals surface area contributed by atoms with Gasteiger partial charge in [-0.3, -0.25) is 4.57 Å². The van der Waals surface area contributed by atoms with Gasteiger partial charge >= 0.3 is 6.09 Å². The first kappa shape index (κ1) is 27.4. The molecule has 206 valence electrons. The van der Waals surface area contributed by atoms with E-state index in [0.29, 0.717) is 57.3 Å². The van der Waals surface area contributed by atoms with Crippen LogP contribution in [0, 0.1) is 0 Å². The maximum atomic E-state index is 12.2. The van der Waals surface area contributed by atoms with E-state index in [4.69, 9.17) is 44.6 Å². The lowest BCUT2D eigenvalue weighted by atomic mass is 10.1. The van der Waals surface area contributed by atoms with E-state index in [-0.39, 0.29) is 19.0 Å². The molecule has 4 atom stereocenters. The molecular weight excluding hydrogens is 490 g/mol. The molecule has 0 bridgehead atoms. The van der Waals surface area contributed by atoms with Crippen LogP contribution in [0.5, 0.6) is 0 Å². The second kappa shape index (κ2) is 12.7. The normalized spacial score (nSPS) is 24.4. The van der Waals surface area contributed by atoms with Crippen LogP contribution in [0.2, 0.25) is 0 Å². The number of alkyl carbamates (subject to hydrolysis) is 1. The number of carbonyl (C=O) groups is 1. The van der Waals surface area contributed by atoms with Gasteiger partial charge in [-0.2, -0.15) is 0 Å². The summed E-state index contributed by atoms with van der Waals surface area (Å²) in [5.74, 6) is -0.566. The molecular formula is C22H35N7O8. The van der Waals surface area contributed by atoms with Crippen LogP contribution in [0.1, 0.15) is 20.1 Å². The summed E-state index contributed by atoms with van der Waals surface area (Å²) in [6, 6.07) is 0. The lowest BCUT2D eigenvalue weighted by Crippen LogP contribution is -2.36. The largest absolute Gasteiger partial charge is 0.447 e. The van der Waals surface area contributed by atoms with Crippen LogP contribution in [0.15, 0.2) is 12.7 Å². The number of rotatable bonds is 14. The van der Waals surface area contributed by atoms with E-state index in [0.717, 1.165) is 0 Å². The minimum absolute atomic E-state index is 0.0341. The molecule has 15 heteroatoms. The van der Waals surface area contributed by atoms with Crippen molar-refractivity contribution in [2.45, 2.75) is 44.2 Å². The summed E-state index contributed by atoms with van der Waals surface area (Å²) in [5.41, 5.74) is 12.2. The van der Waals surface area contributed by atoms with Crippen molar-refractivity contribution in [1.82, 2.24) is 24.8 Å². The minimum Gasteiger partial charge on any atom is -0.447 e. The first-order valence-electron chi connectivity index (χ1n) is 12.2. The van der Waals surface area contributed by atoms with E-state index in [9.17, 15) is 4.79 Å². The first-order chi connectivity index (χ1) is 17.9. The third-order valence-electron chi connectivity index (χ3n) is 5.69. The number of hydrogen-bond acceptors (Lipinski definition) is 13. The number of aromatic nitrogens is 4. The molecule has 4 heterocycles. The summed E-state index contributed by atoms with van der Waals surface area (Å²) < 4.78 is 41.4. The third-order valence-corrected chi connectivity index (χ3v) is 5.69. The topological polar surface area (TPSA) is 189 Å². The molecule has 0 spiro atoms. The van der Waals surface area contributed by atoms with Gasteiger partial charge in [0.2, 0.25) is 0 Å². The van der Waals surface area contributed by atoms with Crippen molar-refractivity contribution < 1.29 is 38.0 Å². The molecule has 2 saturated heterocycles. The fourth-order valence-corrected chi connectivity index (χ4v) is 4.13. The molecule has 4 rings (SSSR count). The number of nitrogens with one attached hydrogen (secondary N) is 1. The van der Waals surface area contributed by atoms with Crippen LogP contribution in [0.25, 0.3) is 11.2 Å². The lowest BCUT2D eigenvalue weighted by molar-refractivity contribution is -0.199. The molecule has 2 aromatic rings. The fraction of sp³-hybridized carbons (Fsp3) is 0.727. The zero-order chi connectivity index (χ0) is 26.3. The standard InChI is InChI=1S/C22H35N7O8/c1-22(2)36-16-14(11-34-21(30)25-4-6-32-8-10-33-9-7-31-5-3-23)35-20(17(16)37-22)29-13-28-15-18(24)26-12-27-19(15)29/h12-14,16-17,20H,3-11,23H2,1-2H3,(H,25,30)(H2,24,26,27)/t14-,16-,17-,20-/m1/s1. The summed E-state index contributed by atoms with van der Waals surface area (Å²) >= 11 is 0. The number of ether oxygens (including phenoxy) is 7. The molecule has 0 unspecified atom stereocenters. The van der Waals surface area contributed by atoms with Gasteiger partial charge in [-0.25, -0.2) is 19.7 Å². The predicted octanol–water partition coefficient (Wildman–Crippen LogP) is -0.439. The molecule has 2 aliphatic rings. The number of carbonyl (C=O) groups excluding carboxylic acids is 1. The molecule has 2 aromatic heterocycles. The Kier molecular flexibility index (Phi) is 9.42. The van der Waals surface area contributed by atoms with Crippen molar-refractivity contribution in [3.63, 3.8) is 0 Å². The maximum Gasteiger partial charge on any atom is 0.407 e. The molecule has 1 amide bonds. The Morgan fingerprint density at radius 3 is 2.51 bits per heavy atom. The van der Waals surface area contributed by atoms with Gasteiger partial charge in [0.1, 0.15) is 36.8 Å². The third kappa shape index (κ3) is 7.01. The zero-order valence-corrected chi connectivity index (χ0v) is 21.0. The average Bonchev–Trinajstić information content (AvgIpc) is 3.52. The maximum absolute atomic E-state index is 12.2. The van der Waals surface area contributed by atoms with E-state index in [2.05, 4.69) is 20.3 Å². The van der Waals surface area contributed by atoms with Crippen molar-refractivity contribution in [2.75, 3.05) is 65.1 Å². The van der Waals surface area contributed by atoms with E-state index < -0.39 is 36.4 Å². The number of amides is 1. The summed E-state index contributed by atoms with van der Waals surface area (Å²) in [6.07, 6.45) is 0.235. The monoisotopic (exact) mass is 525 g/mol. The van der Waals surface area contributed by atoms with E-state index in [1.165, 1.54) is 6.33 Å². The highest BCUT2D eigenvalue weighted by molar-refractivity contribution is 5.81. The highest BCUT2D eigenvalue weighted by Crippen LogP contribution is 2.43. The Balaban J connectivity index is 1.20. The van der Waals surface area contributed by atoms with Crippen LogP contribution >= 0.6 is 0 Å². The number of nitrogens with zero attached hydrogens (tertiary/aromatic N) is 4. The van der Waals surface area contributed by atoms with Crippen LogP contribution in [0.3, 0.4) is 0 Å².